The first-order valence-electron chi connectivity index (χ1n) is 8.30. The summed E-state index contributed by atoms with van der Waals surface area (Å²) in [7, 11) is 0. The third-order valence-corrected chi connectivity index (χ3v) is 4.60. The molecule has 2 aromatic rings. The van der Waals surface area contributed by atoms with Crippen molar-refractivity contribution in [3.63, 3.8) is 0 Å². The highest BCUT2D eigenvalue weighted by molar-refractivity contribution is 5.98. The lowest BCUT2D eigenvalue weighted by molar-refractivity contribution is 0.0900. The van der Waals surface area contributed by atoms with Crippen molar-refractivity contribution >= 4 is 11.6 Å². The van der Waals surface area contributed by atoms with Gasteiger partial charge in [-0.2, -0.15) is 0 Å². The Bertz CT molecular complexity index is 644. The highest BCUT2D eigenvalue weighted by Crippen LogP contribution is 2.25. The van der Waals surface area contributed by atoms with Crippen LogP contribution in [0.4, 0.5) is 5.82 Å². The van der Waals surface area contributed by atoms with Crippen LogP contribution in [0.1, 0.15) is 48.5 Å². The Kier molecular flexibility index (Phi) is 4.70. The minimum absolute atomic E-state index is 0.118. The molecule has 0 aliphatic carbocycles. The highest BCUT2D eigenvalue weighted by atomic mass is 16.1. The Labute approximate surface area is 137 Å². The van der Waals surface area contributed by atoms with E-state index in [0.717, 1.165) is 37.3 Å². The molecule has 3 rings (SSSR count). The van der Waals surface area contributed by atoms with Gasteiger partial charge in [0.05, 0.1) is 6.20 Å². The maximum Gasteiger partial charge on any atom is 0.166 e. The van der Waals surface area contributed by atoms with Crippen LogP contribution in [0.25, 0.3) is 0 Å². The molecule has 1 aromatic heterocycles. The zero-order chi connectivity index (χ0) is 16.2. The highest BCUT2D eigenvalue weighted by Gasteiger charge is 2.26. The third kappa shape index (κ3) is 3.58. The lowest BCUT2D eigenvalue weighted by Gasteiger charge is -2.31. The molecular formula is C19H23N3O. The van der Waals surface area contributed by atoms with E-state index in [4.69, 9.17) is 0 Å². The zero-order valence-corrected chi connectivity index (χ0v) is 13.8. The molecule has 1 aliphatic rings. The van der Waals surface area contributed by atoms with Crippen LogP contribution in [0.2, 0.25) is 0 Å². The van der Waals surface area contributed by atoms with Gasteiger partial charge in [0.25, 0.3) is 0 Å². The van der Waals surface area contributed by atoms with E-state index in [1.165, 1.54) is 5.56 Å². The van der Waals surface area contributed by atoms with Gasteiger partial charge in [0.15, 0.2) is 5.78 Å². The van der Waals surface area contributed by atoms with Crippen molar-refractivity contribution in [1.29, 1.82) is 0 Å². The largest absolute Gasteiger partial charge is 0.355 e. The van der Waals surface area contributed by atoms with Crippen LogP contribution < -0.4 is 4.90 Å². The molecule has 0 amide bonds. The van der Waals surface area contributed by atoms with E-state index in [1.54, 1.807) is 18.6 Å². The summed E-state index contributed by atoms with van der Waals surface area (Å²) in [6, 6.07) is 8.11. The van der Waals surface area contributed by atoms with Crippen molar-refractivity contribution in [1.82, 2.24) is 9.97 Å². The monoisotopic (exact) mass is 309 g/mol. The average Bonchev–Trinajstić information content (AvgIpc) is 2.62. The van der Waals surface area contributed by atoms with Gasteiger partial charge in [-0.1, -0.05) is 38.1 Å². The molecule has 23 heavy (non-hydrogen) atoms. The molecular weight excluding hydrogens is 286 g/mol. The number of nitrogens with zero attached hydrogens (tertiary/aromatic N) is 3. The van der Waals surface area contributed by atoms with E-state index in [0.29, 0.717) is 5.92 Å². The fraction of sp³-hybridized carbons (Fsp3) is 0.421. The van der Waals surface area contributed by atoms with E-state index in [2.05, 4.69) is 40.8 Å². The van der Waals surface area contributed by atoms with Crippen molar-refractivity contribution in [2.75, 3.05) is 18.0 Å². The SMILES string of the molecule is CC(C)c1ccc(C(=O)C2CCN(c3cnccn3)CC2)cc1. The topological polar surface area (TPSA) is 46.1 Å². The molecule has 0 radical (unpaired) electrons. The van der Waals surface area contributed by atoms with E-state index in [1.807, 2.05) is 12.1 Å². The van der Waals surface area contributed by atoms with Crippen LogP contribution in [-0.2, 0) is 0 Å². The van der Waals surface area contributed by atoms with Crippen molar-refractivity contribution < 1.29 is 4.79 Å². The summed E-state index contributed by atoms with van der Waals surface area (Å²) >= 11 is 0. The summed E-state index contributed by atoms with van der Waals surface area (Å²) in [4.78, 5) is 23.3. The predicted octanol–water partition coefficient (Wildman–Crippen LogP) is 3.70. The van der Waals surface area contributed by atoms with E-state index in [9.17, 15) is 4.79 Å². The Morgan fingerprint density at radius 2 is 1.83 bits per heavy atom. The van der Waals surface area contributed by atoms with Gasteiger partial charge >= 0.3 is 0 Å². The van der Waals surface area contributed by atoms with Crippen molar-refractivity contribution in [3.8, 4) is 0 Å². The lowest BCUT2D eigenvalue weighted by Crippen LogP contribution is -2.36. The number of Topliss-reactive ketones (excluding diaryl/α,β-unsaturated/α-hetero) is 1. The smallest absolute Gasteiger partial charge is 0.166 e. The molecule has 1 saturated heterocycles. The number of piperidine rings is 1. The first kappa shape index (κ1) is 15.7. The molecule has 1 aromatic carbocycles. The quantitative estimate of drug-likeness (QED) is 0.808. The van der Waals surface area contributed by atoms with Gasteiger partial charge in [-0.05, 0) is 24.3 Å². The number of benzene rings is 1. The Morgan fingerprint density at radius 3 is 2.39 bits per heavy atom. The zero-order valence-electron chi connectivity index (χ0n) is 13.8. The minimum Gasteiger partial charge on any atom is -0.355 e. The predicted molar refractivity (Wildman–Crippen MR) is 91.8 cm³/mol. The maximum atomic E-state index is 12.7. The number of rotatable bonds is 4. The van der Waals surface area contributed by atoms with Gasteiger partial charge in [-0.25, -0.2) is 4.98 Å². The summed E-state index contributed by atoms with van der Waals surface area (Å²) in [6.07, 6.45) is 6.93. The van der Waals surface area contributed by atoms with Gasteiger partial charge in [0.1, 0.15) is 5.82 Å². The number of aromatic nitrogens is 2. The third-order valence-electron chi connectivity index (χ3n) is 4.60. The van der Waals surface area contributed by atoms with Gasteiger partial charge < -0.3 is 4.90 Å². The fourth-order valence-electron chi connectivity index (χ4n) is 3.09. The molecule has 1 aliphatic heterocycles. The molecule has 4 heteroatoms. The summed E-state index contributed by atoms with van der Waals surface area (Å²) in [5.74, 6) is 1.79. The second-order valence-corrected chi connectivity index (χ2v) is 6.47. The van der Waals surface area contributed by atoms with Crippen LogP contribution in [0.15, 0.2) is 42.9 Å². The number of anilines is 1. The molecule has 1 fully saturated rings. The van der Waals surface area contributed by atoms with Crippen molar-refractivity contribution in [2.45, 2.75) is 32.6 Å². The number of carbonyl (C=O) groups excluding carboxylic acids is 1. The summed E-state index contributed by atoms with van der Waals surface area (Å²) < 4.78 is 0. The van der Waals surface area contributed by atoms with Crippen LogP contribution in [-0.4, -0.2) is 28.8 Å². The second kappa shape index (κ2) is 6.90. The maximum absolute atomic E-state index is 12.7. The van der Waals surface area contributed by atoms with Crippen LogP contribution >= 0.6 is 0 Å². The summed E-state index contributed by atoms with van der Waals surface area (Å²) in [5, 5.41) is 0. The summed E-state index contributed by atoms with van der Waals surface area (Å²) in [5.41, 5.74) is 2.12. The van der Waals surface area contributed by atoms with E-state index in [-0.39, 0.29) is 11.7 Å². The van der Waals surface area contributed by atoms with Gasteiger partial charge in [0.2, 0.25) is 0 Å². The van der Waals surface area contributed by atoms with Crippen LogP contribution in [0.3, 0.4) is 0 Å². The van der Waals surface area contributed by atoms with E-state index >= 15 is 0 Å². The molecule has 2 heterocycles. The van der Waals surface area contributed by atoms with Gasteiger partial charge in [0, 0.05) is 37.0 Å². The second-order valence-electron chi connectivity index (χ2n) is 6.47. The first-order chi connectivity index (χ1) is 11.1. The molecule has 0 spiro atoms. The molecule has 120 valence electrons. The van der Waals surface area contributed by atoms with Crippen LogP contribution in [0.5, 0.6) is 0 Å². The fourth-order valence-corrected chi connectivity index (χ4v) is 3.09. The molecule has 0 N–H and O–H groups in total. The normalized spacial score (nSPS) is 15.9. The Balaban J connectivity index is 1.62. The lowest BCUT2D eigenvalue weighted by atomic mass is 9.88. The molecule has 4 nitrogen and oxygen atoms in total. The minimum atomic E-state index is 0.118. The summed E-state index contributed by atoms with van der Waals surface area (Å²) in [6.45, 7) is 6.05. The number of ketones is 1. The number of hydrogen-bond acceptors (Lipinski definition) is 4. The molecule has 0 unspecified atom stereocenters. The first-order valence-corrected chi connectivity index (χ1v) is 8.30. The number of carbonyl (C=O) groups is 1. The van der Waals surface area contributed by atoms with Crippen molar-refractivity contribution in [3.05, 3.63) is 54.0 Å². The average molecular weight is 309 g/mol. The van der Waals surface area contributed by atoms with Gasteiger partial charge in [-0.15, -0.1) is 0 Å². The molecule has 0 saturated carbocycles. The Morgan fingerprint density at radius 1 is 1.13 bits per heavy atom. The van der Waals surface area contributed by atoms with E-state index < -0.39 is 0 Å². The standard InChI is InChI=1S/C19H23N3O/c1-14(2)15-3-5-16(6-4-15)19(23)17-7-11-22(12-8-17)18-13-20-9-10-21-18/h3-6,9-10,13-14,17H,7-8,11-12H2,1-2H3. The molecule has 0 atom stereocenters. The van der Waals surface area contributed by atoms with Crippen molar-refractivity contribution in [2.24, 2.45) is 5.92 Å². The van der Waals surface area contributed by atoms with Gasteiger partial charge in [-0.3, -0.25) is 9.78 Å². The van der Waals surface area contributed by atoms with Crippen LogP contribution in [0, 0.1) is 5.92 Å². The Hall–Kier alpha value is -2.23. The molecule has 0 bridgehead atoms. The number of hydrogen-bond donors (Lipinski definition) is 0.